The third kappa shape index (κ3) is 50.3. The van der Waals surface area contributed by atoms with E-state index in [0.29, 0.717) is 0 Å². The van der Waals surface area contributed by atoms with Crippen LogP contribution in [0.2, 0.25) is 0 Å². The van der Waals surface area contributed by atoms with Crippen LogP contribution in [-0.4, -0.2) is 64.4 Å². The Kier molecular flexibility index (Phi) is 6.06. The molecule has 0 aromatic heterocycles. The Morgan fingerprint density at radius 1 is 1.50 bits per heavy atom. The normalized spacial score (nSPS) is 9.67. The minimum absolute atomic E-state index is 0. The van der Waals surface area contributed by atoms with Crippen molar-refractivity contribution in [2.45, 2.75) is 0 Å². The molecular weight excluding hydrogens is 138 g/mol. The Morgan fingerprint density at radius 3 is 1.50 bits per heavy atom. The minimum atomic E-state index is -5.17. The number of hydrogen-bond donors (Lipinski definition) is 1. The molecule has 0 amide bonds. The summed E-state index contributed by atoms with van der Waals surface area (Å²) in [4.78, 5) is 0. The van der Waals surface area contributed by atoms with E-state index < -0.39 is 10.5 Å². The van der Waals surface area contributed by atoms with Crippen LogP contribution in [-0.2, 0) is 10.5 Å². The Balaban J connectivity index is 0. The van der Waals surface area contributed by atoms with Crippen molar-refractivity contribution < 1.29 is 16.9 Å². The maximum absolute atomic E-state index is 10.2. The third-order valence-corrected chi connectivity index (χ3v) is 0. The van der Waals surface area contributed by atoms with Gasteiger partial charge in [-0.25, -0.2) is 0 Å². The van der Waals surface area contributed by atoms with Gasteiger partial charge < -0.3 is 0 Å². The monoisotopic (exact) mass is 139 g/mol. The predicted octanol–water partition coefficient (Wildman–Crippen LogP) is -0.622. The molecule has 0 saturated carbocycles. The second-order valence-corrected chi connectivity index (χ2v) is 1.24. The van der Waals surface area contributed by atoms with Crippen LogP contribution >= 0.6 is 0 Å². The van der Waals surface area contributed by atoms with Crippen molar-refractivity contribution in [1.29, 1.82) is 0 Å². The molecule has 0 aliphatic carbocycles. The molecule has 1 N–H and O–H groups in total. The van der Waals surface area contributed by atoms with E-state index in [-0.39, 0.29) is 51.4 Å². The fourth-order valence-electron chi connectivity index (χ4n) is 0. The molecule has 0 spiro atoms. The van der Waals surface area contributed by atoms with E-state index in [4.69, 9.17) is 13.0 Å². The molecule has 33 valence electrons. The van der Waals surface area contributed by atoms with E-state index in [1.165, 1.54) is 0 Å². The van der Waals surface area contributed by atoms with Gasteiger partial charge in [0.2, 0.25) is 0 Å². The SMILES string of the molecule is O=S(=O)(O)F.[K]. The van der Waals surface area contributed by atoms with Crippen LogP contribution < -0.4 is 0 Å². The molecule has 6 heavy (non-hydrogen) atoms. The molecule has 0 aliphatic rings. The summed E-state index contributed by atoms with van der Waals surface area (Å²) in [5, 5.41) is 0. The fourth-order valence-corrected chi connectivity index (χ4v) is 0. The van der Waals surface area contributed by atoms with Crippen molar-refractivity contribution in [3.63, 3.8) is 0 Å². The average Bonchev–Trinajstić information content (AvgIpc) is 0.722. The van der Waals surface area contributed by atoms with Gasteiger partial charge in [-0.15, -0.1) is 0 Å². The van der Waals surface area contributed by atoms with Gasteiger partial charge in [0.25, 0.3) is 0 Å². The van der Waals surface area contributed by atoms with Gasteiger partial charge in [0, 0.05) is 51.4 Å². The first-order valence-electron chi connectivity index (χ1n) is 0.670. The molecule has 3 nitrogen and oxygen atoms in total. The van der Waals surface area contributed by atoms with Crippen molar-refractivity contribution in [1.82, 2.24) is 0 Å². The van der Waals surface area contributed by atoms with Gasteiger partial charge in [0.05, 0.1) is 0 Å². The summed E-state index contributed by atoms with van der Waals surface area (Å²) in [7, 11) is -5.17. The van der Waals surface area contributed by atoms with Gasteiger partial charge in [0.15, 0.2) is 0 Å². The van der Waals surface area contributed by atoms with Crippen molar-refractivity contribution in [2.75, 3.05) is 0 Å². The molecule has 6 heteroatoms. The Morgan fingerprint density at radius 2 is 1.50 bits per heavy atom. The summed E-state index contributed by atoms with van der Waals surface area (Å²) in [5.74, 6) is 0. The van der Waals surface area contributed by atoms with Crippen LogP contribution in [0.3, 0.4) is 0 Å². The smallest absolute Gasteiger partial charge is 0.260 e. The topological polar surface area (TPSA) is 54.4 Å². The van der Waals surface area contributed by atoms with Crippen molar-refractivity contribution in [3.8, 4) is 0 Å². The van der Waals surface area contributed by atoms with E-state index in [9.17, 15) is 3.89 Å². The molecule has 0 aromatic rings. The molecular formula is HFKO3S. The van der Waals surface area contributed by atoms with E-state index in [0.717, 1.165) is 0 Å². The molecule has 0 aliphatic heterocycles. The Hall–Kier alpha value is 1.48. The molecule has 0 saturated heterocycles. The summed E-state index contributed by atoms with van der Waals surface area (Å²) >= 11 is 0. The van der Waals surface area contributed by atoms with Gasteiger partial charge in [0.1, 0.15) is 0 Å². The van der Waals surface area contributed by atoms with Crippen LogP contribution in [0.4, 0.5) is 3.89 Å². The van der Waals surface area contributed by atoms with E-state index in [1.807, 2.05) is 0 Å². The number of halogens is 1. The van der Waals surface area contributed by atoms with E-state index in [2.05, 4.69) is 0 Å². The van der Waals surface area contributed by atoms with Crippen LogP contribution in [0.1, 0.15) is 0 Å². The van der Waals surface area contributed by atoms with Crippen LogP contribution in [0.25, 0.3) is 0 Å². The molecule has 0 atom stereocenters. The molecule has 1 radical (unpaired) electrons. The first-order chi connectivity index (χ1) is 2.00. The van der Waals surface area contributed by atoms with Crippen LogP contribution in [0.15, 0.2) is 0 Å². The van der Waals surface area contributed by atoms with Gasteiger partial charge in [-0.05, 0) is 0 Å². The van der Waals surface area contributed by atoms with Crippen molar-refractivity contribution in [3.05, 3.63) is 0 Å². The summed E-state index contributed by atoms with van der Waals surface area (Å²) in [5.41, 5.74) is 0. The maximum atomic E-state index is 10.2. The van der Waals surface area contributed by atoms with Gasteiger partial charge in [-0.1, -0.05) is 3.89 Å². The van der Waals surface area contributed by atoms with Crippen LogP contribution in [0.5, 0.6) is 0 Å². The van der Waals surface area contributed by atoms with Crippen molar-refractivity contribution >= 4 is 61.9 Å². The summed E-state index contributed by atoms with van der Waals surface area (Å²) in [6.45, 7) is 0. The number of hydrogen-bond acceptors (Lipinski definition) is 2. The van der Waals surface area contributed by atoms with Crippen molar-refractivity contribution in [2.24, 2.45) is 0 Å². The number of rotatable bonds is 0. The Labute approximate surface area is 77.4 Å². The first-order valence-corrected chi connectivity index (χ1v) is 2.01. The average molecular weight is 139 g/mol. The fraction of sp³-hybridized carbons (Fsp3) is 0. The van der Waals surface area contributed by atoms with Gasteiger partial charge in [-0.2, -0.15) is 8.42 Å². The second kappa shape index (κ2) is 3.47. The minimum Gasteiger partial charge on any atom is -0.260 e. The zero-order valence-corrected chi connectivity index (χ0v) is 6.99. The molecule has 0 aromatic carbocycles. The quantitative estimate of drug-likeness (QED) is 0.276. The predicted molar refractivity (Wildman–Crippen MR) is 18.4 cm³/mol. The third-order valence-electron chi connectivity index (χ3n) is 0. The summed E-state index contributed by atoms with van der Waals surface area (Å²) in [6.07, 6.45) is 0. The second-order valence-electron chi connectivity index (χ2n) is 0.412. The molecule has 0 unspecified atom stereocenters. The van der Waals surface area contributed by atoms with Gasteiger partial charge in [-0.3, -0.25) is 4.55 Å². The zero-order chi connectivity index (χ0) is 4.50. The zero-order valence-electron chi connectivity index (χ0n) is 3.05. The van der Waals surface area contributed by atoms with E-state index in [1.54, 1.807) is 0 Å². The molecule has 0 bridgehead atoms. The summed E-state index contributed by atoms with van der Waals surface area (Å²) in [6, 6.07) is 0. The standard InChI is InChI=1S/FHO3S.K/c1-5(2,3)4;/h(H,2,3,4);. The van der Waals surface area contributed by atoms with E-state index >= 15 is 0 Å². The van der Waals surface area contributed by atoms with Crippen LogP contribution in [0, 0.1) is 0 Å². The molecule has 0 rings (SSSR count). The van der Waals surface area contributed by atoms with Gasteiger partial charge >= 0.3 is 10.5 Å². The maximum Gasteiger partial charge on any atom is 0.435 e. The Bertz CT molecular complexity index is 94.0. The first kappa shape index (κ1) is 10.5. The molecule has 0 fully saturated rings. The largest absolute Gasteiger partial charge is 0.435 e. The summed E-state index contributed by atoms with van der Waals surface area (Å²) < 4.78 is 34.1. The molecule has 0 heterocycles.